The van der Waals surface area contributed by atoms with E-state index >= 15 is 0 Å². The average molecular weight is 339 g/mol. The first-order valence-corrected chi connectivity index (χ1v) is 7.72. The molecule has 1 heterocycles. The van der Waals surface area contributed by atoms with Gasteiger partial charge in [-0.05, 0) is 24.3 Å². The highest BCUT2D eigenvalue weighted by Gasteiger charge is 2.08. The smallest absolute Gasteiger partial charge is 0.251 e. The zero-order valence-corrected chi connectivity index (χ0v) is 13.3. The summed E-state index contributed by atoms with van der Waals surface area (Å²) < 4.78 is 0. The van der Waals surface area contributed by atoms with Gasteiger partial charge in [0.2, 0.25) is 0 Å². The van der Waals surface area contributed by atoms with Crippen LogP contribution in [0.15, 0.2) is 29.6 Å². The molecule has 2 rings (SSSR count). The van der Waals surface area contributed by atoms with E-state index in [1.807, 2.05) is 11.4 Å². The number of thiophene rings is 1. The van der Waals surface area contributed by atoms with Crippen LogP contribution in [0.5, 0.6) is 0 Å². The van der Waals surface area contributed by atoms with Gasteiger partial charge in [0.15, 0.2) is 0 Å². The van der Waals surface area contributed by atoms with Crippen LogP contribution in [-0.4, -0.2) is 12.5 Å². The molecule has 0 radical (unpaired) electrons. The molecular weight excluding hydrogens is 327 g/mol. The van der Waals surface area contributed by atoms with Crippen LogP contribution < -0.4 is 11.1 Å². The van der Waals surface area contributed by atoms with Crippen LogP contribution in [0.4, 0.5) is 0 Å². The van der Waals surface area contributed by atoms with E-state index in [-0.39, 0.29) is 5.91 Å². The monoisotopic (exact) mass is 338 g/mol. The molecule has 3 nitrogen and oxygen atoms in total. The molecule has 1 aromatic heterocycles. The lowest BCUT2D eigenvalue weighted by Gasteiger charge is -2.04. The van der Waals surface area contributed by atoms with Gasteiger partial charge < -0.3 is 11.1 Å². The second kappa shape index (κ2) is 7.48. The van der Waals surface area contributed by atoms with Gasteiger partial charge in [-0.1, -0.05) is 35.0 Å². The number of benzene rings is 1. The zero-order valence-electron chi connectivity index (χ0n) is 11.0. The number of carbonyl (C=O) groups is 1. The molecule has 0 saturated heterocycles. The molecule has 0 saturated carbocycles. The van der Waals surface area contributed by atoms with Crippen LogP contribution in [0.2, 0.25) is 10.0 Å². The van der Waals surface area contributed by atoms with E-state index in [0.29, 0.717) is 28.7 Å². The maximum Gasteiger partial charge on any atom is 0.251 e. The van der Waals surface area contributed by atoms with Crippen molar-refractivity contribution < 1.29 is 4.79 Å². The quantitative estimate of drug-likeness (QED) is 0.843. The Balaban J connectivity index is 1.99. The van der Waals surface area contributed by atoms with Crippen LogP contribution in [0.3, 0.4) is 0 Å². The lowest BCUT2D eigenvalue weighted by molar-refractivity contribution is 0.0951. The Morgan fingerprint density at radius 3 is 2.62 bits per heavy atom. The summed E-state index contributed by atoms with van der Waals surface area (Å²) in [4.78, 5) is 13.0. The predicted octanol–water partition coefficient (Wildman–Crippen LogP) is 3.30. The SMILES string of the molecule is NCC#Cc1csc(CNC(=O)c2cc(Cl)cc(Cl)c2)c1. The summed E-state index contributed by atoms with van der Waals surface area (Å²) in [5.74, 6) is 5.52. The van der Waals surface area contributed by atoms with Gasteiger partial charge in [-0.2, -0.15) is 0 Å². The fraction of sp³-hybridized carbons (Fsp3) is 0.133. The second-order valence-corrected chi connectivity index (χ2v) is 6.02. The fourth-order valence-electron chi connectivity index (χ4n) is 1.65. The van der Waals surface area contributed by atoms with Crippen LogP contribution in [0.1, 0.15) is 20.8 Å². The number of nitrogens with two attached hydrogens (primary N) is 1. The zero-order chi connectivity index (χ0) is 15.2. The molecule has 0 atom stereocenters. The van der Waals surface area contributed by atoms with Gasteiger partial charge in [0, 0.05) is 31.4 Å². The maximum atomic E-state index is 12.0. The number of hydrogen-bond donors (Lipinski definition) is 2. The van der Waals surface area contributed by atoms with Gasteiger partial charge in [-0.25, -0.2) is 0 Å². The van der Waals surface area contributed by atoms with E-state index in [1.165, 1.54) is 11.3 Å². The number of halogens is 2. The van der Waals surface area contributed by atoms with E-state index in [2.05, 4.69) is 17.2 Å². The summed E-state index contributed by atoms with van der Waals surface area (Å²) in [6.07, 6.45) is 0. The van der Waals surface area contributed by atoms with Gasteiger partial charge >= 0.3 is 0 Å². The van der Waals surface area contributed by atoms with Crippen LogP contribution in [0, 0.1) is 11.8 Å². The minimum atomic E-state index is -0.220. The van der Waals surface area contributed by atoms with Crippen LogP contribution in [0.25, 0.3) is 0 Å². The number of hydrogen-bond acceptors (Lipinski definition) is 3. The summed E-state index contributed by atoms with van der Waals surface area (Å²) in [5, 5.41) is 5.62. The summed E-state index contributed by atoms with van der Waals surface area (Å²) in [7, 11) is 0. The van der Waals surface area contributed by atoms with Crippen LogP contribution in [-0.2, 0) is 6.54 Å². The molecule has 0 fully saturated rings. The lowest BCUT2D eigenvalue weighted by atomic mass is 10.2. The summed E-state index contributed by atoms with van der Waals surface area (Å²) in [6, 6.07) is 6.67. The van der Waals surface area contributed by atoms with Gasteiger partial charge in [0.1, 0.15) is 0 Å². The third kappa shape index (κ3) is 4.76. The molecule has 1 aromatic carbocycles. The Hall–Kier alpha value is -1.51. The molecule has 0 aliphatic carbocycles. The molecule has 108 valence electrons. The van der Waals surface area contributed by atoms with Crippen molar-refractivity contribution in [3.05, 3.63) is 55.7 Å². The fourth-order valence-corrected chi connectivity index (χ4v) is 2.93. The molecule has 21 heavy (non-hydrogen) atoms. The second-order valence-electron chi connectivity index (χ2n) is 4.15. The van der Waals surface area contributed by atoms with E-state index in [9.17, 15) is 4.79 Å². The lowest BCUT2D eigenvalue weighted by Crippen LogP contribution is -2.22. The molecular formula is C15H12Cl2N2OS. The van der Waals surface area contributed by atoms with E-state index < -0.39 is 0 Å². The Morgan fingerprint density at radius 2 is 1.95 bits per heavy atom. The predicted molar refractivity (Wildman–Crippen MR) is 87.9 cm³/mol. The summed E-state index contributed by atoms with van der Waals surface area (Å²) in [6.45, 7) is 0.759. The molecule has 1 amide bonds. The Labute approximate surface area is 137 Å². The first kappa shape index (κ1) is 15.9. The van der Waals surface area contributed by atoms with Gasteiger partial charge in [0.25, 0.3) is 5.91 Å². The topological polar surface area (TPSA) is 55.1 Å². The van der Waals surface area contributed by atoms with Crippen molar-refractivity contribution in [2.75, 3.05) is 6.54 Å². The van der Waals surface area contributed by atoms with E-state index in [1.54, 1.807) is 18.2 Å². The highest BCUT2D eigenvalue weighted by atomic mass is 35.5. The van der Waals surface area contributed by atoms with Crippen molar-refractivity contribution in [3.8, 4) is 11.8 Å². The average Bonchev–Trinajstić information content (AvgIpc) is 2.89. The molecule has 3 N–H and O–H groups in total. The molecule has 0 unspecified atom stereocenters. The molecule has 0 aliphatic heterocycles. The van der Waals surface area contributed by atoms with E-state index in [4.69, 9.17) is 28.9 Å². The number of rotatable bonds is 3. The van der Waals surface area contributed by atoms with E-state index in [0.717, 1.165) is 10.4 Å². The van der Waals surface area contributed by atoms with Crippen molar-refractivity contribution in [1.82, 2.24) is 5.32 Å². The van der Waals surface area contributed by atoms with Crippen molar-refractivity contribution >= 4 is 40.4 Å². The van der Waals surface area contributed by atoms with Gasteiger partial charge in [-0.15, -0.1) is 11.3 Å². The maximum absolute atomic E-state index is 12.0. The summed E-state index contributed by atoms with van der Waals surface area (Å²) in [5.41, 5.74) is 6.66. The number of nitrogens with one attached hydrogen (secondary N) is 1. The van der Waals surface area contributed by atoms with Crippen molar-refractivity contribution in [2.45, 2.75) is 6.54 Å². The molecule has 0 spiro atoms. The third-order valence-corrected chi connectivity index (χ3v) is 3.91. The largest absolute Gasteiger partial charge is 0.347 e. The third-order valence-electron chi connectivity index (χ3n) is 2.54. The first-order valence-electron chi connectivity index (χ1n) is 6.09. The van der Waals surface area contributed by atoms with Gasteiger partial charge in [-0.3, -0.25) is 4.79 Å². The van der Waals surface area contributed by atoms with Crippen molar-refractivity contribution in [2.24, 2.45) is 5.73 Å². The van der Waals surface area contributed by atoms with Crippen molar-refractivity contribution in [1.29, 1.82) is 0 Å². The number of carbonyl (C=O) groups excluding carboxylic acids is 1. The van der Waals surface area contributed by atoms with Crippen molar-refractivity contribution in [3.63, 3.8) is 0 Å². The molecule has 0 bridgehead atoms. The minimum absolute atomic E-state index is 0.220. The molecule has 6 heteroatoms. The standard InChI is InChI=1S/C15H12Cl2N2OS/c16-12-5-11(6-13(17)7-12)15(20)19-8-14-4-10(9-21-14)2-1-3-18/h4-7,9H,3,8,18H2,(H,19,20). The normalized spacial score (nSPS) is 9.86. The molecule has 0 aliphatic rings. The Bertz CT molecular complexity index is 696. The molecule has 2 aromatic rings. The highest BCUT2D eigenvalue weighted by molar-refractivity contribution is 7.10. The highest BCUT2D eigenvalue weighted by Crippen LogP contribution is 2.19. The number of amides is 1. The minimum Gasteiger partial charge on any atom is -0.347 e. The first-order chi connectivity index (χ1) is 10.1. The Kier molecular flexibility index (Phi) is 5.66. The van der Waals surface area contributed by atoms with Gasteiger partial charge in [0.05, 0.1) is 13.1 Å². The summed E-state index contributed by atoms with van der Waals surface area (Å²) >= 11 is 13.3. The Morgan fingerprint density at radius 1 is 1.24 bits per heavy atom. The van der Waals surface area contributed by atoms with Crippen LogP contribution >= 0.6 is 34.5 Å².